The molecule has 62 valence electrons. The van der Waals surface area contributed by atoms with Crippen LogP contribution in [0.4, 0.5) is 0 Å². The predicted octanol–water partition coefficient (Wildman–Crippen LogP) is 2.48. The van der Waals surface area contributed by atoms with Gasteiger partial charge >= 0.3 is 0 Å². The van der Waals surface area contributed by atoms with Gasteiger partial charge in [0.2, 0.25) is 0 Å². The summed E-state index contributed by atoms with van der Waals surface area (Å²) in [7, 11) is 0. The Kier molecular flexibility index (Phi) is 2.40. The molecule has 0 unspecified atom stereocenters. The van der Waals surface area contributed by atoms with Crippen LogP contribution in [-0.4, -0.2) is 5.60 Å². The first-order valence-corrected chi connectivity index (χ1v) is 3.86. The van der Waals surface area contributed by atoms with Crippen molar-refractivity contribution in [3.63, 3.8) is 0 Å². The van der Waals surface area contributed by atoms with E-state index in [2.05, 4.69) is 5.92 Å². The summed E-state index contributed by atoms with van der Waals surface area (Å²) < 4.78 is 5.51. The van der Waals surface area contributed by atoms with Crippen molar-refractivity contribution in [2.24, 2.45) is 0 Å². The zero-order valence-corrected chi connectivity index (χ0v) is 7.37. The number of rotatable bonds is 2. The highest BCUT2D eigenvalue weighted by Crippen LogP contribution is 2.16. The van der Waals surface area contributed by atoms with Gasteiger partial charge in [0.25, 0.3) is 0 Å². The van der Waals surface area contributed by atoms with Crippen molar-refractivity contribution in [2.45, 2.75) is 19.4 Å². The maximum absolute atomic E-state index is 5.51. The van der Waals surface area contributed by atoms with Crippen LogP contribution in [0.15, 0.2) is 30.3 Å². The molecule has 0 fully saturated rings. The van der Waals surface area contributed by atoms with Crippen molar-refractivity contribution in [1.29, 1.82) is 0 Å². The fourth-order valence-electron chi connectivity index (χ4n) is 0.813. The van der Waals surface area contributed by atoms with Crippen molar-refractivity contribution in [3.05, 3.63) is 30.3 Å². The van der Waals surface area contributed by atoms with Crippen molar-refractivity contribution in [1.82, 2.24) is 0 Å². The Morgan fingerprint density at radius 2 is 1.83 bits per heavy atom. The Morgan fingerprint density at radius 3 is 2.33 bits per heavy atom. The summed E-state index contributed by atoms with van der Waals surface area (Å²) in [6.07, 6.45) is 5.28. The van der Waals surface area contributed by atoms with Crippen LogP contribution in [0.2, 0.25) is 0 Å². The Morgan fingerprint density at radius 1 is 1.25 bits per heavy atom. The van der Waals surface area contributed by atoms with Gasteiger partial charge in [0, 0.05) is 0 Å². The predicted molar refractivity (Wildman–Crippen MR) is 50.0 cm³/mol. The van der Waals surface area contributed by atoms with E-state index in [4.69, 9.17) is 11.2 Å². The minimum atomic E-state index is -0.526. The lowest BCUT2D eigenvalue weighted by atomic mass is 10.1. The SMILES string of the molecule is C#CC(C)(C)Oc1ccccc1. The van der Waals surface area contributed by atoms with E-state index in [-0.39, 0.29) is 0 Å². The quantitative estimate of drug-likeness (QED) is 0.604. The van der Waals surface area contributed by atoms with Gasteiger partial charge in [-0.1, -0.05) is 24.1 Å². The second-order valence-electron chi connectivity index (χ2n) is 3.07. The smallest absolute Gasteiger partial charge is 0.163 e. The average Bonchev–Trinajstić information content (AvgIpc) is 2.06. The zero-order valence-electron chi connectivity index (χ0n) is 7.37. The van der Waals surface area contributed by atoms with Gasteiger partial charge in [0.1, 0.15) is 5.75 Å². The molecule has 0 atom stereocenters. The van der Waals surface area contributed by atoms with E-state index in [1.807, 2.05) is 44.2 Å². The minimum Gasteiger partial charge on any atom is -0.475 e. The largest absolute Gasteiger partial charge is 0.475 e. The second-order valence-corrected chi connectivity index (χ2v) is 3.07. The summed E-state index contributed by atoms with van der Waals surface area (Å²) in [4.78, 5) is 0. The van der Waals surface area contributed by atoms with E-state index in [0.717, 1.165) is 5.75 Å². The van der Waals surface area contributed by atoms with Gasteiger partial charge in [0.15, 0.2) is 5.60 Å². The van der Waals surface area contributed by atoms with Crippen molar-refractivity contribution < 1.29 is 4.74 Å². The van der Waals surface area contributed by atoms with Gasteiger partial charge in [-0.2, -0.15) is 0 Å². The molecular weight excluding hydrogens is 148 g/mol. The van der Waals surface area contributed by atoms with Crippen LogP contribution in [0, 0.1) is 12.3 Å². The summed E-state index contributed by atoms with van der Waals surface area (Å²) in [6, 6.07) is 9.55. The summed E-state index contributed by atoms with van der Waals surface area (Å²) in [5.41, 5.74) is -0.526. The molecule has 1 aromatic rings. The van der Waals surface area contributed by atoms with Crippen molar-refractivity contribution in [3.8, 4) is 18.1 Å². The average molecular weight is 160 g/mol. The molecule has 1 heteroatoms. The molecule has 0 N–H and O–H groups in total. The lowest BCUT2D eigenvalue weighted by Gasteiger charge is -2.19. The van der Waals surface area contributed by atoms with Gasteiger partial charge < -0.3 is 4.74 Å². The third-order valence-electron chi connectivity index (χ3n) is 1.46. The molecule has 1 rings (SSSR count). The van der Waals surface area contributed by atoms with Gasteiger partial charge in [-0.3, -0.25) is 0 Å². The summed E-state index contributed by atoms with van der Waals surface area (Å²) in [5, 5.41) is 0. The van der Waals surface area contributed by atoms with E-state index >= 15 is 0 Å². The number of para-hydroxylation sites is 1. The van der Waals surface area contributed by atoms with E-state index in [0.29, 0.717) is 0 Å². The zero-order chi connectivity index (χ0) is 9.03. The highest BCUT2D eigenvalue weighted by molar-refractivity contribution is 5.23. The lowest BCUT2D eigenvalue weighted by Crippen LogP contribution is -2.25. The molecular formula is C11H12O. The first-order chi connectivity index (χ1) is 5.64. The van der Waals surface area contributed by atoms with Crippen LogP contribution < -0.4 is 4.74 Å². The Hall–Kier alpha value is -1.42. The molecule has 12 heavy (non-hydrogen) atoms. The molecule has 0 amide bonds. The van der Waals surface area contributed by atoms with Crippen LogP contribution in [-0.2, 0) is 0 Å². The van der Waals surface area contributed by atoms with Crippen LogP contribution >= 0.6 is 0 Å². The summed E-state index contributed by atoms with van der Waals surface area (Å²) in [6.45, 7) is 3.72. The number of hydrogen-bond donors (Lipinski definition) is 0. The third-order valence-corrected chi connectivity index (χ3v) is 1.46. The fourth-order valence-corrected chi connectivity index (χ4v) is 0.813. The molecule has 0 heterocycles. The van der Waals surface area contributed by atoms with Gasteiger partial charge in [-0.15, -0.1) is 6.42 Å². The van der Waals surface area contributed by atoms with E-state index in [1.165, 1.54) is 0 Å². The third kappa shape index (κ3) is 2.32. The normalized spacial score (nSPS) is 10.4. The van der Waals surface area contributed by atoms with Crippen LogP contribution in [0.1, 0.15) is 13.8 Å². The van der Waals surface area contributed by atoms with Crippen molar-refractivity contribution in [2.75, 3.05) is 0 Å². The number of hydrogen-bond acceptors (Lipinski definition) is 1. The number of terminal acetylenes is 1. The molecule has 1 nitrogen and oxygen atoms in total. The molecule has 0 aliphatic rings. The number of ether oxygens (including phenoxy) is 1. The molecule has 1 aromatic carbocycles. The monoisotopic (exact) mass is 160 g/mol. The van der Waals surface area contributed by atoms with E-state index in [1.54, 1.807) is 0 Å². The van der Waals surface area contributed by atoms with E-state index < -0.39 is 5.60 Å². The minimum absolute atomic E-state index is 0.526. The number of benzene rings is 1. The Bertz CT molecular complexity index is 280. The Labute approximate surface area is 73.4 Å². The highest BCUT2D eigenvalue weighted by atomic mass is 16.5. The van der Waals surface area contributed by atoms with Gasteiger partial charge in [-0.25, -0.2) is 0 Å². The van der Waals surface area contributed by atoms with Crippen LogP contribution in [0.3, 0.4) is 0 Å². The molecule has 0 aliphatic carbocycles. The van der Waals surface area contributed by atoms with Crippen molar-refractivity contribution >= 4 is 0 Å². The van der Waals surface area contributed by atoms with Crippen LogP contribution in [0.5, 0.6) is 5.75 Å². The molecule has 0 aromatic heterocycles. The standard InChI is InChI=1S/C11H12O/c1-4-11(2,3)12-10-8-6-5-7-9-10/h1,5-9H,2-3H3. The lowest BCUT2D eigenvalue weighted by molar-refractivity contribution is 0.172. The molecule has 0 radical (unpaired) electrons. The Balaban J connectivity index is 2.72. The molecule has 0 aliphatic heterocycles. The van der Waals surface area contributed by atoms with Gasteiger partial charge in [0.05, 0.1) is 0 Å². The maximum Gasteiger partial charge on any atom is 0.163 e. The summed E-state index contributed by atoms with van der Waals surface area (Å²) >= 11 is 0. The molecule has 0 bridgehead atoms. The summed E-state index contributed by atoms with van der Waals surface area (Å²) in [5.74, 6) is 3.37. The van der Waals surface area contributed by atoms with E-state index in [9.17, 15) is 0 Å². The highest BCUT2D eigenvalue weighted by Gasteiger charge is 2.14. The maximum atomic E-state index is 5.51. The van der Waals surface area contributed by atoms with Gasteiger partial charge in [-0.05, 0) is 26.0 Å². The topological polar surface area (TPSA) is 9.23 Å². The molecule has 0 spiro atoms. The second kappa shape index (κ2) is 3.32. The first kappa shape index (κ1) is 8.67. The fraction of sp³-hybridized carbons (Fsp3) is 0.273. The molecule has 0 saturated carbocycles. The first-order valence-electron chi connectivity index (χ1n) is 3.86. The molecule has 0 saturated heterocycles. The van der Waals surface area contributed by atoms with Crippen LogP contribution in [0.25, 0.3) is 0 Å².